The number of rotatable bonds is 4. The van der Waals surface area contributed by atoms with Crippen molar-refractivity contribution < 1.29 is 4.74 Å². The zero-order valence-corrected chi connectivity index (χ0v) is 15.9. The quantitative estimate of drug-likeness (QED) is 0.466. The van der Waals surface area contributed by atoms with E-state index in [-0.39, 0.29) is 11.7 Å². The van der Waals surface area contributed by atoms with Crippen LogP contribution >= 0.6 is 27.7 Å². The fraction of sp³-hybridized carbons (Fsp3) is 0.263. The van der Waals surface area contributed by atoms with E-state index in [0.717, 1.165) is 40.9 Å². The highest BCUT2D eigenvalue weighted by Crippen LogP contribution is 2.26. The monoisotopic (exact) mass is 416 g/mol. The first-order valence-electron chi connectivity index (χ1n) is 8.24. The molecule has 1 saturated heterocycles. The summed E-state index contributed by atoms with van der Waals surface area (Å²) in [6.07, 6.45) is 2.42. The molecule has 2 aromatic carbocycles. The molecular formula is C19H17BrN2O2S. The first kappa shape index (κ1) is 16.8. The highest BCUT2D eigenvalue weighted by Gasteiger charge is 2.19. The van der Waals surface area contributed by atoms with Crippen LogP contribution in [-0.2, 0) is 4.74 Å². The highest BCUT2D eigenvalue weighted by molar-refractivity contribution is 9.10. The first-order chi connectivity index (χ1) is 12.2. The molecule has 0 radical (unpaired) electrons. The van der Waals surface area contributed by atoms with E-state index in [9.17, 15) is 4.79 Å². The lowest BCUT2D eigenvalue weighted by Crippen LogP contribution is -2.22. The standard InChI is InChI=1S/C19H17BrN2O2S/c20-13-8-9-17-16(11-13)18(23)22(14-5-2-1-3-6-14)19(21-17)25-12-15-7-4-10-24-15/h1-3,5-6,8-9,11,15H,4,7,10,12H2/t15-/m1/s1. The van der Waals surface area contributed by atoms with Crippen molar-refractivity contribution in [2.45, 2.75) is 24.1 Å². The summed E-state index contributed by atoms with van der Waals surface area (Å²) in [6.45, 7) is 0.829. The third-order valence-electron chi connectivity index (χ3n) is 4.24. The lowest BCUT2D eigenvalue weighted by Gasteiger charge is -2.15. The van der Waals surface area contributed by atoms with Crippen LogP contribution in [0.4, 0.5) is 0 Å². The van der Waals surface area contributed by atoms with Crippen molar-refractivity contribution >= 4 is 38.6 Å². The number of halogens is 1. The minimum atomic E-state index is -0.0488. The molecule has 0 unspecified atom stereocenters. The van der Waals surface area contributed by atoms with Crippen LogP contribution in [0.2, 0.25) is 0 Å². The van der Waals surface area contributed by atoms with Crippen molar-refractivity contribution in [2.24, 2.45) is 0 Å². The van der Waals surface area contributed by atoms with Crippen LogP contribution in [0.1, 0.15) is 12.8 Å². The Labute approximate surface area is 158 Å². The average molecular weight is 417 g/mol. The van der Waals surface area contributed by atoms with Gasteiger partial charge < -0.3 is 4.74 Å². The largest absolute Gasteiger partial charge is 0.377 e. The summed E-state index contributed by atoms with van der Waals surface area (Å²) in [4.78, 5) is 17.9. The fourth-order valence-corrected chi connectivity index (χ4v) is 4.42. The van der Waals surface area contributed by atoms with Crippen molar-refractivity contribution in [2.75, 3.05) is 12.4 Å². The molecule has 0 N–H and O–H groups in total. The van der Waals surface area contributed by atoms with E-state index in [4.69, 9.17) is 9.72 Å². The van der Waals surface area contributed by atoms with Gasteiger partial charge in [0.15, 0.2) is 5.16 Å². The van der Waals surface area contributed by atoms with Crippen LogP contribution < -0.4 is 5.56 Å². The summed E-state index contributed by atoms with van der Waals surface area (Å²) >= 11 is 5.03. The number of benzene rings is 2. The normalized spacial score (nSPS) is 17.2. The maximum Gasteiger partial charge on any atom is 0.266 e. The number of para-hydroxylation sites is 1. The van der Waals surface area contributed by atoms with E-state index in [2.05, 4.69) is 15.9 Å². The zero-order valence-electron chi connectivity index (χ0n) is 13.5. The SMILES string of the molecule is O=c1c2cc(Br)ccc2nc(SC[C@H]2CCCO2)n1-c1ccccc1. The van der Waals surface area contributed by atoms with Crippen LogP contribution in [0, 0.1) is 0 Å². The number of fused-ring (bicyclic) bond motifs is 1. The summed E-state index contributed by atoms with van der Waals surface area (Å²) in [5.41, 5.74) is 1.50. The second-order valence-corrected chi connectivity index (χ2v) is 7.88. The van der Waals surface area contributed by atoms with Crippen LogP contribution in [0.5, 0.6) is 0 Å². The molecule has 128 valence electrons. The van der Waals surface area contributed by atoms with Gasteiger partial charge in [0.05, 0.1) is 22.7 Å². The van der Waals surface area contributed by atoms with Gasteiger partial charge in [-0.25, -0.2) is 4.98 Å². The molecule has 1 fully saturated rings. The molecule has 0 spiro atoms. The Hall–Kier alpha value is -1.63. The Morgan fingerprint density at radius 3 is 2.84 bits per heavy atom. The molecule has 1 aliphatic heterocycles. The number of ether oxygens (including phenoxy) is 1. The van der Waals surface area contributed by atoms with Crippen molar-refractivity contribution in [3.63, 3.8) is 0 Å². The van der Waals surface area contributed by atoms with Crippen LogP contribution in [0.3, 0.4) is 0 Å². The molecule has 1 aliphatic rings. The lowest BCUT2D eigenvalue weighted by atomic mass is 10.2. The van der Waals surface area contributed by atoms with E-state index in [1.807, 2.05) is 48.5 Å². The Bertz CT molecular complexity index is 953. The Morgan fingerprint density at radius 1 is 1.24 bits per heavy atom. The predicted octanol–water partition coefficient (Wildman–Crippen LogP) is 4.42. The second kappa shape index (κ2) is 7.32. The Morgan fingerprint density at radius 2 is 2.08 bits per heavy atom. The van der Waals surface area contributed by atoms with Gasteiger partial charge in [0.1, 0.15) is 0 Å². The third-order valence-corrected chi connectivity index (χ3v) is 5.80. The molecular weight excluding hydrogens is 400 g/mol. The fourth-order valence-electron chi connectivity index (χ4n) is 2.98. The number of nitrogens with zero attached hydrogens (tertiary/aromatic N) is 2. The van der Waals surface area contributed by atoms with Crippen LogP contribution in [0.15, 0.2) is 63.0 Å². The molecule has 2 heterocycles. The first-order valence-corrected chi connectivity index (χ1v) is 10.0. The van der Waals surface area contributed by atoms with Gasteiger partial charge in [0.2, 0.25) is 0 Å². The molecule has 3 aromatic rings. The highest BCUT2D eigenvalue weighted by atomic mass is 79.9. The van der Waals surface area contributed by atoms with Gasteiger partial charge in [-0.2, -0.15) is 0 Å². The molecule has 0 aliphatic carbocycles. The Kier molecular flexibility index (Phi) is 4.92. The van der Waals surface area contributed by atoms with E-state index < -0.39 is 0 Å². The summed E-state index contributed by atoms with van der Waals surface area (Å²) in [5, 5.41) is 1.32. The molecule has 6 heteroatoms. The zero-order chi connectivity index (χ0) is 17.2. The second-order valence-electron chi connectivity index (χ2n) is 5.98. The number of hydrogen-bond acceptors (Lipinski definition) is 4. The van der Waals surface area contributed by atoms with Gasteiger partial charge in [-0.1, -0.05) is 45.9 Å². The van der Waals surface area contributed by atoms with Crippen molar-refractivity contribution in [3.8, 4) is 5.69 Å². The molecule has 0 bridgehead atoms. The summed E-state index contributed by atoms with van der Waals surface area (Å²) in [5.74, 6) is 0.807. The number of hydrogen-bond donors (Lipinski definition) is 0. The minimum Gasteiger partial charge on any atom is -0.377 e. The van der Waals surface area contributed by atoms with Gasteiger partial charge >= 0.3 is 0 Å². The molecule has 0 saturated carbocycles. The van der Waals surface area contributed by atoms with Crippen molar-refractivity contribution in [3.05, 3.63) is 63.4 Å². The maximum atomic E-state index is 13.2. The smallest absolute Gasteiger partial charge is 0.266 e. The lowest BCUT2D eigenvalue weighted by molar-refractivity contribution is 0.129. The van der Waals surface area contributed by atoms with Crippen LogP contribution in [0.25, 0.3) is 16.6 Å². The minimum absolute atomic E-state index is 0.0488. The van der Waals surface area contributed by atoms with E-state index >= 15 is 0 Å². The Balaban J connectivity index is 1.83. The summed E-state index contributed by atoms with van der Waals surface area (Å²) in [6, 6.07) is 15.3. The topological polar surface area (TPSA) is 44.1 Å². The van der Waals surface area contributed by atoms with Gasteiger partial charge in [-0.05, 0) is 43.2 Å². The van der Waals surface area contributed by atoms with Gasteiger partial charge in [-0.3, -0.25) is 9.36 Å². The molecule has 4 rings (SSSR count). The number of aromatic nitrogens is 2. The number of thioether (sulfide) groups is 1. The van der Waals surface area contributed by atoms with E-state index in [0.29, 0.717) is 10.5 Å². The van der Waals surface area contributed by atoms with E-state index in [1.165, 1.54) is 0 Å². The molecule has 1 atom stereocenters. The summed E-state index contributed by atoms with van der Waals surface area (Å²) < 4.78 is 8.29. The molecule has 0 amide bonds. The van der Waals surface area contributed by atoms with Gasteiger partial charge in [-0.15, -0.1) is 0 Å². The third kappa shape index (κ3) is 3.52. The van der Waals surface area contributed by atoms with Crippen molar-refractivity contribution in [1.29, 1.82) is 0 Å². The average Bonchev–Trinajstić information content (AvgIpc) is 3.15. The molecule has 1 aromatic heterocycles. The molecule has 4 nitrogen and oxygen atoms in total. The van der Waals surface area contributed by atoms with Gasteiger partial charge in [0.25, 0.3) is 5.56 Å². The maximum absolute atomic E-state index is 13.2. The van der Waals surface area contributed by atoms with Crippen LogP contribution in [-0.4, -0.2) is 28.0 Å². The predicted molar refractivity (Wildman–Crippen MR) is 105 cm³/mol. The summed E-state index contributed by atoms with van der Waals surface area (Å²) in [7, 11) is 0. The molecule has 25 heavy (non-hydrogen) atoms. The van der Waals surface area contributed by atoms with Gasteiger partial charge in [0, 0.05) is 16.8 Å². The van der Waals surface area contributed by atoms with E-state index in [1.54, 1.807) is 16.3 Å². The van der Waals surface area contributed by atoms with Crippen molar-refractivity contribution in [1.82, 2.24) is 9.55 Å².